The second kappa shape index (κ2) is 8.82. The van der Waals surface area contributed by atoms with Crippen molar-refractivity contribution in [2.45, 2.75) is 45.6 Å². The van der Waals surface area contributed by atoms with Crippen LogP contribution in [0.3, 0.4) is 0 Å². The Labute approximate surface area is 159 Å². The molecule has 2 N–H and O–H groups in total. The van der Waals surface area contributed by atoms with Crippen molar-refractivity contribution >= 4 is 29.1 Å². The van der Waals surface area contributed by atoms with E-state index >= 15 is 0 Å². The molecule has 0 radical (unpaired) electrons. The minimum Gasteiger partial charge on any atom is -0.350 e. The minimum absolute atomic E-state index is 0.0247. The van der Waals surface area contributed by atoms with E-state index in [1.54, 1.807) is 0 Å². The maximum atomic E-state index is 13.3. The molecule has 1 saturated heterocycles. The van der Waals surface area contributed by atoms with Crippen molar-refractivity contribution in [1.29, 1.82) is 0 Å². The quantitative estimate of drug-likeness (QED) is 0.818. The van der Waals surface area contributed by atoms with Crippen LogP contribution in [0.25, 0.3) is 0 Å². The molecule has 1 aliphatic heterocycles. The summed E-state index contributed by atoms with van der Waals surface area (Å²) < 4.78 is 13.3. The molecular weight excluding hydrogens is 357 g/mol. The van der Waals surface area contributed by atoms with Crippen molar-refractivity contribution in [3.05, 3.63) is 29.0 Å². The summed E-state index contributed by atoms with van der Waals surface area (Å²) in [4.78, 5) is 26.3. The summed E-state index contributed by atoms with van der Waals surface area (Å²) in [5.41, 5.74) is 0.143. The summed E-state index contributed by atoms with van der Waals surface area (Å²) >= 11 is 5.79. The van der Waals surface area contributed by atoms with Crippen molar-refractivity contribution in [3.63, 3.8) is 0 Å². The lowest BCUT2D eigenvalue weighted by molar-refractivity contribution is -0.124. The maximum Gasteiger partial charge on any atom is 0.234 e. The third-order valence-electron chi connectivity index (χ3n) is 4.21. The number of piperidine rings is 1. The summed E-state index contributed by atoms with van der Waals surface area (Å²) in [6.45, 7) is 7.85. The van der Waals surface area contributed by atoms with Gasteiger partial charge in [-0.05, 0) is 70.8 Å². The monoisotopic (exact) mass is 383 g/mol. The second-order valence-corrected chi connectivity index (χ2v) is 8.36. The predicted octanol–water partition coefficient (Wildman–Crippen LogP) is 3.43. The number of halogens is 2. The number of anilines is 1. The Kier molecular flexibility index (Phi) is 7.01. The van der Waals surface area contributed by atoms with Crippen molar-refractivity contribution in [1.82, 2.24) is 10.2 Å². The van der Waals surface area contributed by atoms with Crippen LogP contribution in [0.4, 0.5) is 10.1 Å². The van der Waals surface area contributed by atoms with Gasteiger partial charge in [-0.25, -0.2) is 4.39 Å². The van der Waals surface area contributed by atoms with E-state index in [9.17, 15) is 14.0 Å². The van der Waals surface area contributed by atoms with Gasteiger partial charge in [0.05, 0.1) is 6.54 Å². The lowest BCUT2D eigenvalue weighted by atomic mass is 9.93. The number of likely N-dealkylation sites (tertiary alicyclic amines) is 1. The molecule has 144 valence electrons. The molecule has 5 nitrogen and oxygen atoms in total. The van der Waals surface area contributed by atoms with Gasteiger partial charge in [-0.3, -0.25) is 14.5 Å². The van der Waals surface area contributed by atoms with Gasteiger partial charge in [0.2, 0.25) is 11.8 Å². The van der Waals surface area contributed by atoms with Gasteiger partial charge < -0.3 is 10.6 Å². The van der Waals surface area contributed by atoms with E-state index in [1.165, 1.54) is 18.2 Å². The number of nitrogens with zero attached hydrogens (tertiary/aromatic N) is 1. The van der Waals surface area contributed by atoms with E-state index in [-0.39, 0.29) is 28.3 Å². The van der Waals surface area contributed by atoms with E-state index < -0.39 is 5.82 Å². The normalized spacial score (nSPS) is 16.3. The maximum absolute atomic E-state index is 13.3. The van der Waals surface area contributed by atoms with Crippen molar-refractivity contribution in [2.75, 3.05) is 25.0 Å². The van der Waals surface area contributed by atoms with Crippen LogP contribution in [0.2, 0.25) is 5.02 Å². The van der Waals surface area contributed by atoms with Gasteiger partial charge in [-0.15, -0.1) is 0 Å². The lowest BCUT2D eigenvalue weighted by Gasteiger charge is -2.32. The molecule has 0 saturated carbocycles. The first kappa shape index (κ1) is 20.6. The summed E-state index contributed by atoms with van der Waals surface area (Å²) in [7, 11) is 0. The van der Waals surface area contributed by atoms with Crippen molar-refractivity contribution in [3.8, 4) is 0 Å². The van der Waals surface area contributed by atoms with Crippen LogP contribution < -0.4 is 10.6 Å². The zero-order chi connectivity index (χ0) is 19.3. The largest absolute Gasteiger partial charge is 0.350 e. The molecule has 0 atom stereocenters. The SMILES string of the molecule is CC(C)(C)NC(=O)CN1CCC(CC(=O)Nc2cc(F)cc(Cl)c2)CC1. The topological polar surface area (TPSA) is 61.4 Å². The smallest absolute Gasteiger partial charge is 0.234 e. The molecule has 0 spiro atoms. The number of carbonyl (C=O) groups is 2. The number of benzene rings is 1. The highest BCUT2D eigenvalue weighted by Crippen LogP contribution is 2.22. The Balaban J connectivity index is 1.74. The average Bonchev–Trinajstić information content (AvgIpc) is 2.46. The molecule has 0 aliphatic carbocycles. The number of nitrogens with one attached hydrogen (secondary N) is 2. The highest BCUT2D eigenvalue weighted by atomic mass is 35.5. The first-order valence-electron chi connectivity index (χ1n) is 8.90. The first-order valence-corrected chi connectivity index (χ1v) is 9.28. The van der Waals surface area contributed by atoms with E-state index in [0.717, 1.165) is 25.9 Å². The summed E-state index contributed by atoms with van der Waals surface area (Å²) in [6, 6.07) is 3.97. The molecule has 2 rings (SSSR count). The molecule has 1 aromatic carbocycles. The molecule has 1 fully saturated rings. The van der Waals surface area contributed by atoms with E-state index in [2.05, 4.69) is 15.5 Å². The number of hydrogen-bond donors (Lipinski definition) is 2. The summed E-state index contributed by atoms with van der Waals surface area (Å²) in [5, 5.41) is 5.91. The molecular formula is C19H27ClFN3O2. The van der Waals surface area contributed by atoms with E-state index in [1.807, 2.05) is 20.8 Å². The van der Waals surface area contributed by atoms with Crippen molar-refractivity contribution < 1.29 is 14.0 Å². The van der Waals surface area contributed by atoms with Gasteiger partial charge in [-0.1, -0.05) is 11.6 Å². The summed E-state index contributed by atoms with van der Waals surface area (Å²) in [5.74, 6) is -0.331. The Morgan fingerprint density at radius 3 is 2.42 bits per heavy atom. The summed E-state index contributed by atoms with van der Waals surface area (Å²) in [6.07, 6.45) is 2.11. The first-order chi connectivity index (χ1) is 12.1. The fourth-order valence-corrected chi connectivity index (χ4v) is 3.33. The van der Waals surface area contributed by atoms with Crippen LogP contribution in [0.5, 0.6) is 0 Å². The lowest BCUT2D eigenvalue weighted by Crippen LogP contribution is -2.47. The molecule has 1 heterocycles. The Morgan fingerprint density at radius 1 is 1.19 bits per heavy atom. The third kappa shape index (κ3) is 7.30. The Bertz CT molecular complexity index is 632. The van der Waals surface area contributed by atoms with E-state index in [4.69, 9.17) is 11.6 Å². The van der Waals surface area contributed by atoms with Crippen LogP contribution in [0.1, 0.15) is 40.0 Å². The highest BCUT2D eigenvalue weighted by Gasteiger charge is 2.24. The highest BCUT2D eigenvalue weighted by molar-refractivity contribution is 6.30. The number of carbonyl (C=O) groups excluding carboxylic acids is 2. The zero-order valence-electron chi connectivity index (χ0n) is 15.6. The van der Waals surface area contributed by atoms with Crippen molar-refractivity contribution in [2.24, 2.45) is 5.92 Å². The standard InChI is InChI=1S/C19H27ClFN3O2/c1-19(2,3)23-18(26)12-24-6-4-13(5-7-24)8-17(25)22-16-10-14(20)9-15(21)11-16/h9-11,13H,4-8,12H2,1-3H3,(H,22,25)(H,23,26). The molecule has 0 aromatic heterocycles. The molecule has 26 heavy (non-hydrogen) atoms. The number of amides is 2. The second-order valence-electron chi connectivity index (χ2n) is 7.93. The average molecular weight is 384 g/mol. The molecule has 2 amide bonds. The number of rotatable bonds is 5. The van der Waals surface area contributed by atoms with Gasteiger partial charge in [0.25, 0.3) is 0 Å². The van der Waals surface area contributed by atoms with Crippen LogP contribution in [0.15, 0.2) is 18.2 Å². The third-order valence-corrected chi connectivity index (χ3v) is 4.43. The van der Waals surface area contributed by atoms with E-state index in [0.29, 0.717) is 18.7 Å². The van der Waals surface area contributed by atoms with Crippen LogP contribution in [-0.4, -0.2) is 41.9 Å². The van der Waals surface area contributed by atoms with Gasteiger partial charge in [0.1, 0.15) is 5.82 Å². The minimum atomic E-state index is -0.477. The van der Waals surface area contributed by atoms with Gasteiger partial charge >= 0.3 is 0 Å². The Hall–Kier alpha value is -1.66. The fraction of sp³-hybridized carbons (Fsp3) is 0.579. The molecule has 0 bridgehead atoms. The molecule has 1 aromatic rings. The fourth-order valence-electron chi connectivity index (χ4n) is 3.11. The molecule has 1 aliphatic rings. The molecule has 7 heteroatoms. The van der Waals surface area contributed by atoms with Crippen LogP contribution in [-0.2, 0) is 9.59 Å². The Morgan fingerprint density at radius 2 is 1.85 bits per heavy atom. The molecule has 0 unspecified atom stereocenters. The van der Waals surface area contributed by atoms with Gasteiger partial charge in [0.15, 0.2) is 0 Å². The number of hydrogen-bond acceptors (Lipinski definition) is 3. The predicted molar refractivity (Wildman–Crippen MR) is 102 cm³/mol. The van der Waals surface area contributed by atoms with Gasteiger partial charge in [0, 0.05) is 22.7 Å². The van der Waals surface area contributed by atoms with Crippen LogP contribution in [0, 0.1) is 11.7 Å². The van der Waals surface area contributed by atoms with Gasteiger partial charge in [-0.2, -0.15) is 0 Å². The van der Waals surface area contributed by atoms with Crippen LogP contribution >= 0.6 is 11.6 Å². The zero-order valence-corrected chi connectivity index (χ0v) is 16.3.